The monoisotopic (exact) mass is 281 g/mol. The van der Waals surface area contributed by atoms with E-state index in [1.165, 1.54) is 11.3 Å². The SMILES string of the molecule is CCC(CCO)CNCc1nc2ccsc2c(=O)[nH]1. The molecule has 2 aromatic heterocycles. The highest BCUT2D eigenvalue weighted by atomic mass is 32.1. The standard InChI is InChI=1S/C13H19N3O2S/c1-2-9(3-5-17)7-14-8-11-15-10-4-6-19-12(10)13(18)16-11/h4,6,9,14,17H,2-3,5,7-8H2,1H3,(H,15,16,18). The van der Waals surface area contributed by atoms with E-state index in [0.717, 1.165) is 24.9 Å². The van der Waals surface area contributed by atoms with Crippen molar-refractivity contribution in [3.63, 3.8) is 0 Å². The van der Waals surface area contributed by atoms with Gasteiger partial charge in [0.15, 0.2) is 0 Å². The Labute approximate surface area is 115 Å². The zero-order valence-corrected chi connectivity index (χ0v) is 11.8. The molecule has 0 aromatic carbocycles. The topological polar surface area (TPSA) is 78.0 Å². The third-order valence-corrected chi connectivity index (χ3v) is 4.11. The van der Waals surface area contributed by atoms with Gasteiger partial charge in [-0.25, -0.2) is 4.98 Å². The zero-order chi connectivity index (χ0) is 13.7. The quantitative estimate of drug-likeness (QED) is 0.718. The molecule has 104 valence electrons. The molecule has 3 N–H and O–H groups in total. The molecular formula is C13H19N3O2S. The highest BCUT2D eigenvalue weighted by Crippen LogP contribution is 2.13. The molecule has 1 unspecified atom stereocenters. The van der Waals surface area contributed by atoms with E-state index in [1.54, 1.807) is 0 Å². The number of H-pyrrole nitrogens is 1. The van der Waals surface area contributed by atoms with Gasteiger partial charge in [-0.05, 0) is 30.3 Å². The molecule has 0 fully saturated rings. The molecule has 0 amide bonds. The number of hydrogen-bond donors (Lipinski definition) is 3. The van der Waals surface area contributed by atoms with Crippen LogP contribution in [0.1, 0.15) is 25.6 Å². The Morgan fingerprint density at radius 2 is 2.42 bits per heavy atom. The Kier molecular flexibility index (Phi) is 5.07. The smallest absolute Gasteiger partial charge is 0.268 e. The summed E-state index contributed by atoms with van der Waals surface area (Å²) in [5, 5.41) is 14.1. The van der Waals surface area contributed by atoms with Gasteiger partial charge in [0, 0.05) is 6.61 Å². The lowest BCUT2D eigenvalue weighted by atomic mass is 10.0. The van der Waals surface area contributed by atoms with Crippen LogP contribution in [0.2, 0.25) is 0 Å². The van der Waals surface area contributed by atoms with Crippen molar-refractivity contribution < 1.29 is 5.11 Å². The van der Waals surface area contributed by atoms with E-state index in [4.69, 9.17) is 5.11 Å². The van der Waals surface area contributed by atoms with E-state index in [0.29, 0.717) is 23.0 Å². The highest BCUT2D eigenvalue weighted by molar-refractivity contribution is 7.17. The van der Waals surface area contributed by atoms with E-state index in [-0.39, 0.29) is 12.2 Å². The lowest BCUT2D eigenvalue weighted by Gasteiger charge is -2.13. The van der Waals surface area contributed by atoms with Crippen molar-refractivity contribution >= 4 is 21.6 Å². The second kappa shape index (κ2) is 6.79. The first-order chi connectivity index (χ1) is 9.24. The van der Waals surface area contributed by atoms with Crippen LogP contribution in [0.4, 0.5) is 0 Å². The molecule has 0 aliphatic heterocycles. The second-order valence-electron chi connectivity index (χ2n) is 4.57. The molecule has 2 aromatic rings. The van der Waals surface area contributed by atoms with Gasteiger partial charge in [-0.3, -0.25) is 4.79 Å². The Morgan fingerprint density at radius 3 is 3.16 bits per heavy atom. The first-order valence-electron chi connectivity index (χ1n) is 6.52. The maximum atomic E-state index is 11.8. The van der Waals surface area contributed by atoms with Crippen molar-refractivity contribution in [3.05, 3.63) is 27.6 Å². The van der Waals surface area contributed by atoms with Crippen LogP contribution in [0.3, 0.4) is 0 Å². The van der Waals surface area contributed by atoms with Crippen LogP contribution in [0, 0.1) is 5.92 Å². The largest absolute Gasteiger partial charge is 0.396 e. The molecular weight excluding hydrogens is 262 g/mol. The molecule has 2 heterocycles. The molecule has 0 radical (unpaired) electrons. The van der Waals surface area contributed by atoms with Gasteiger partial charge in [-0.2, -0.15) is 0 Å². The van der Waals surface area contributed by atoms with Crippen LogP contribution in [0.5, 0.6) is 0 Å². The van der Waals surface area contributed by atoms with Crippen molar-refractivity contribution in [1.82, 2.24) is 15.3 Å². The van der Waals surface area contributed by atoms with E-state index in [2.05, 4.69) is 22.2 Å². The summed E-state index contributed by atoms with van der Waals surface area (Å²) < 4.78 is 0.676. The number of hydrogen-bond acceptors (Lipinski definition) is 5. The molecule has 0 aliphatic rings. The van der Waals surface area contributed by atoms with Crippen molar-refractivity contribution in [2.75, 3.05) is 13.2 Å². The number of aromatic nitrogens is 2. The summed E-state index contributed by atoms with van der Waals surface area (Å²) in [6.07, 6.45) is 1.83. The summed E-state index contributed by atoms with van der Waals surface area (Å²) in [6.45, 7) is 3.70. The summed E-state index contributed by atoms with van der Waals surface area (Å²) in [5.41, 5.74) is 0.687. The van der Waals surface area contributed by atoms with E-state index in [9.17, 15) is 4.79 Å². The maximum absolute atomic E-state index is 11.8. The number of thiophene rings is 1. The van der Waals surface area contributed by atoms with Gasteiger partial charge in [0.25, 0.3) is 5.56 Å². The van der Waals surface area contributed by atoms with Crippen molar-refractivity contribution in [3.8, 4) is 0 Å². The maximum Gasteiger partial charge on any atom is 0.268 e. The number of rotatable bonds is 7. The zero-order valence-electron chi connectivity index (χ0n) is 11.0. The molecule has 1 atom stereocenters. The van der Waals surface area contributed by atoms with Crippen molar-refractivity contribution in [1.29, 1.82) is 0 Å². The van der Waals surface area contributed by atoms with E-state index < -0.39 is 0 Å². The summed E-state index contributed by atoms with van der Waals surface area (Å²) in [4.78, 5) is 19.0. The minimum Gasteiger partial charge on any atom is -0.396 e. The fraction of sp³-hybridized carbons (Fsp3) is 0.538. The predicted octanol–water partition coefficient (Wildman–Crippen LogP) is 1.48. The molecule has 0 aliphatic carbocycles. The summed E-state index contributed by atoms with van der Waals surface area (Å²) in [6, 6.07) is 1.86. The molecule has 5 nitrogen and oxygen atoms in total. The molecule has 0 bridgehead atoms. The third-order valence-electron chi connectivity index (χ3n) is 3.20. The second-order valence-corrected chi connectivity index (χ2v) is 5.48. The number of aromatic amines is 1. The van der Waals surface area contributed by atoms with Crippen LogP contribution in [0.15, 0.2) is 16.2 Å². The summed E-state index contributed by atoms with van der Waals surface area (Å²) >= 11 is 1.41. The molecule has 19 heavy (non-hydrogen) atoms. The molecule has 0 saturated carbocycles. The first-order valence-corrected chi connectivity index (χ1v) is 7.40. The number of nitrogens with zero attached hydrogens (tertiary/aromatic N) is 1. The van der Waals surface area contributed by atoms with Crippen LogP contribution >= 0.6 is 11.3 Å². The lowest BCUT2D eigenvalue weighted by molar-refractivity contribution is 0.251. The number of aliphatic hydroxyl groups excluding tert-OH is 1. The van der Waals surface area contributed by atoms with Gasteiger partial charge >= 0.3 is 0 Å². The van der Waals surface area contributed by atoms with Gasteiger partial charge < -0.3 is 15.4 Å². The van der Waals surface area contributed by atoms with Crippen LogP contribution in [0.25, 0.3) is 10.2 Å². The Balaban J connectivity index is 1.96. The average molecular weight is 281 g/mol. The molecule has 6 heteroatoms. The fourth-order valence-electron chi connectivity index (χ4n) is 2.03. The summed E-state index contributed by atoms with van der Waals surface area (Å²) in [7, 11) is 0. The fourth-order valence-corrected chi connectivity index (χ4v) is 2.76. The molecule has 2 rings (SSSR count). The Hall–Kier alpha value is -1.24. The Bertz CT molecular complexity index is 579. The number of nitrogens with one attached hydrogen (secondary N) is 2. The normalized spacial score (nSPS) is 12.9. The van der Waals surface area contributed by atoms with Gasteiger partial charge in [0.1, 0.15) is 10.5 Å². The number of aliphatic hydroxyl groups is 1. The Morgan fingerprint density at radius 1 is 1.58 bits per heavy atom. The van der Waals surface area contributed by atoms with Gasteiger partial charge in [-0.15, -0.1) is 11.3 Å². The first kappa shape index (κ1) is 14.2. The van der Waals surface area contributed by atoms with Crippen LogP contribution < -0.4 is 10.9 Å². The van der Waals surface area contributed by atoms with Gasteiger partial charge in [0.2, 0.25) is 0 Å². The lowest BCUT2D eigenvalue weighted by Crippen LogP contribution is -2.25. The minimum absolute atomic E-state index is 0.0702. The number of fused-ring (bicyclic) bond motifs is 1. The van der Waals surface area contributed by atoms with Gasteiger partial charge in [-0.1, -0.05) is 13.3 Å². The predicted molar refractivity (Wildman–Crippen MR) is 77.4 cm³/mol. The van der Waals surface area contributed by atoms with Crippen molar-refractivity contribution in [2.45, 2.75) is 26.3 Å². The molecule has 0 saturated heterocycles. The van der Waals surface area contributed by atoms with Crippen LogP contribution in [-0.2, 0) is 6.54 Å². The van der Waals surface area contributed by atoms with Crippen LogP contribution in [-0.4, -0.2) is 28.2 Å². The summed E-state index contributed by atoms with van der Waals surface area (Å²) in [5.74, 6) is 1.12. The highest BCUT2D eigenvalue weighted by Gasteiger charge is 2.07. The van der Waals surface area contributed by atoms with Gasteiger partial charge in [0.05, 0.1) is 12.1 Å². The third kappa shape index (κ3) is 3.62. The van der Waals surface area contributed by atoms with E-state index >= 15 is 0 Å². The van der Waals surface area contributed by atoms with Crippen molar-refractivity contribution in [2.24, 2.45) is 5.92 Å². The van der Waals surface area contributed by atoms with E-state index in [1.807, 2.05) is 11.4 Å². The average Bonchev–Trinajstić information content (AvgIpc) is 2.86. The minimum atomic E-state index is -0.0702. The molecule has 0 spiro atoms.